The van der Waals surface area contributed by atoms with E-state index in [1.807, 2.05) is 44.2 Å². The summed E-state index contributed by atoms with van der Waals surface area (Å²) >= 11 is 0.983. The van der Waals surface area contributed by atoms with Gasteiger partial charge in [0.2, 0.25) is 0 Å². The third kappa shape index (κ3) is 5.38. The monoisotopic (exact) mass is 488 g/mol. The van der Waals surface area contributed by atoms with Crippen LogP contribution in [0.3, 0.4) is 0 Å². The second kappa shape index (κ2) is 9.78. The van der Waals surface area contributed by atoms with Crippen LogP contribution in [0.25, 0.3) is 11.8 Å². The summed E-state index contributed by atoms with van der Waals surface area (Å²) in [4.78, 5) is 27.2. The van der Waals surface area contributed by atoms with Gasteiger partial charge in [-0.1, -0.05) is 50.6 Å². The van der Waals surface area contributed by atoms with Gasteiger partial charge >= 0.3 is 0 Å². The van der Waals surface area contributed by atoms with E-state index in [1.165, 1.54) is 10.5 Å². The van der Waals surface area contributed by atoms with Crippen LogP contribution in [0.5, 0.6) is 5.75 Å². The quantitative estimate of drug-likeness (QED) is 0.358. The Balaban J connectivity index is 1.49. The molecule has 1 aliphatic heterocycles. The van der Waals surface area contributed by atoms with Crippen molar-refractivity contribution in [3.8, 4) is 11.4 Å². The minimum atomic E-state index is -0.271. The average Bonchev–Trinajstić information content (AvgIpc) is 3.23. The van der Waals surface area contributed by atoms with Crippen LogP contribution in [0.1, 0.15) is 48.8 Å². The maximum Gasteiger partial charge on any atom is 0.293 e. The van der Waals surface area contributed by atoms with E-state index in [9.17, 15) is 9.59 Å². The van der Waals surface area contributed by atoms with Crippen molar-refractivity contribution in [3.05, 3.63) is 87.6 Å². The molecular weight excluding hydrogens is 456 g/mol. The fraction of sp³-hybridized carbons (Fsp3) is 0.310. The number of thioether (sulfide) groups is 1. The van der Waals surface area contributed by atoms with Gasteiger partial charge < -0.3 is 9.30 Å². The molecule has 2 heterocycles. The second-order valence-electron chi connectivity index (χ2n) is 9.95. The van der Waals surface area contributed by atoms with Gasteiger partial charge in [0.1, 0.15) is 12.4 Å². The first kappa shape index (κ1) is 24.9. The number of hydrogen-bond acceptors (Lipinski definition) is 4. The van der Waals surface area contributed by atoms with Crippen LogP contribution in [-0.2, 0) is 10.2 Å². The summed E-state index contributed by atoms with van der Waals surface area (Å²) in [6.07, 6.45) is 1.83. The highest BCUT2D eigenvalue weighted by molar-refractivity contribution is 8.18. The maximum atomic E-state index is 13.0. The largest absolute Gasteiger partial charge is 0.492 e. The van der Waals surface area contributed by atoms with Crippen molar-refractivity contribution in [2.75, 3.05) is 13.2 Å². The molecule has 2 aromatic carbocycles. The van der Waals surface area contributed by atoms with Gasteiger partial charge in [0.15, 0.2) is 0 Å². The Hall–Kier alpha value is -3.25. The zero-order valence-electron chi connectivity index (χ0n) is 21.2. The standard InChI is InChI=1S/C29H32N2O3S/c1-19-7-13-25(14-8-19)34-16-15-30-27(32)26(35-28(30)33)18-22-17-20(2)31(21(22)3)24-11-9-23(10-12-24)29(4,5)6/h7-14,17-18H,15-16H2,1-6H3/b26-18-. The van der Waals surface area contributed by atoms with Gasteiger partial charge in [-0.2, -0.15) is 0 Å². The molecule has 35 heavy (non-hydrogen) atoms. The number of carbonyl (C=O) groups is 2. The molecule has 2 amide bonds. The molecule has 0 atom stereocenters. The summed E-state index contributed by atoms with van der Waals surface area (Å²) in [7, 11) is 0. The highest BCUT2D eigenvalue weighted by atomic mass is 32.2. The van der Waals surface area contributed by atoms with Gasteiger partial charge in [-0.15, -0.1) is 0 Å². The van der Waals surface area contributed by atoms with Crippen molar-refractivity contribution in [3.63, 3.8) is 0 Å². The summed E-state index contributed by atoms with van der Waals surface area (Å²) in [5.74, 6) is 0.452. The number of imide groups is 1. The molecule has 0 unspecified atom stereocenters. The molecule has 0 N–H and O–H groups in total. The van der Waals surface area contributed by atoms with Gasteiger partial charge in [-0.25, -0.2) is 0 Å². The van der Waals surface area contributed by atoms with Gasteiger partial charge in [0.25, 0.3) is 11.1 Å². The summed E-state index contributed by atoms with van der Waals surface area (Å²) in [6, 6.07) is 18.3. The number of aryl methyl sites for hydroxylation is 2. The molecule has 1 fully saturated rings. The smallest absolute Gasteiger partial charge is 0.293 e. The Morgan fingerprint density at radius 1 is 0.943 bits per heavy atom. The Bertz CT molecular complexity index is 1280. The Morgan fingerprint density at radius 3 is 2.23 bits per heavy atom. The third-order valence-corrected chi connectivity index (χ3v) is 7.13. The SMILES string of the molecule is Cc1ccc(OCCN2C(=O)S/C(=C\c3cc(C)n(-c4ccc(C(C)(C)C)cc4)c3C)C2=O)cc1. The lowest BCUT2D eigenvalue weighted by Gasteiger charge is -2.20. The molecule has 1 aliphatic rings. The van der Waals surface area contributed by atoms with Crippen LogP contribution in [-0.4, -0.2) is 33.8 Å². The van der Waals surface area contributed by atoms with Crippen LogP contribution < -0.4 is 4.74 Å². The van der Waals surface area contributed by atoms with E-state index < -0.39 is 0 Å². The molecule has 3 aromatic rings. The normalized spacial score (nSPS) is 15.4. The predicted octanol–water partition coefficient (Wildman–Crippen LogP) is 6.82. The number of carbonyl (C=O) groups excluding carboxylic acids is 2. The van der Waals surface area contributed by atoms with Crippen LogP contribution in [0.15, 0.2) is 59.5 Å². The number of ether oxygens (including phenoxy) is 1. The fourth-order valence-electron chi connectivity index (χ4n) is 4.16. The van der Waals surface area contributed by atoms with E-state index >= 15 is 0 Å². The molecule has 0 aliphatic carbocycles. The van der Waals surface area contributed by atoms with Crippen molar-refractivity contribution in [1.82, 2.24) is 9.47 Å². The van der Waals surface area contributed by atoms with E-state index in [1.54, 1.807) is 0 Å². The highest BCUT2D eigenvalue weighted by Gasteiger charge is 2.35. The maximum absolute atomic E-state index is 13.0. The molecule has 0 bridgehead atoms. The Morgan fingerprint density at radius 2 is 1.60 bits per heavy atom. The summed E-state index contributed by atoms with van der Waals surface area (Å²) in [5.41, 5.74) is 6.64. The first-order chi connectivity index (χ1) is 16.5. The van der Waals surface area contributed by atoms with Crippen molar-refractivity contribution >= 4 is 29.0 Å². The van der Waals surface area contributed by atoms with Gasteiger partial charge in [0, 0.05) is 17.1 Å². The molecule has 0 radical (unpaired) electrons. The van der Waals surface area contributed by atoms with Crippen molar-refractivity contribution in [2.24, 2.45) is 0 Å². The number of amides is 2. The molecule has 1 saturated heterocycles. The van der Waals surface area contributed by atoms with E-state index in [0.29, 0.717) is 4.91 Å². The summed E-state index contributed by atoms with van der Waals surface area (Å²) in [5, 5.41) is -0.264. The minimum Gasteiger partial charge on any atom is -0.492 e. The minimum absolute atomic E-state index is 0.0958. The Kier molecular flexibility index (Phi) is 6.95. The molecule has 182 valence electrons. The molecular formula is C29H32N2O3S. The molecule has 4 rings (SSSR count). The average molecular weight is 489 g/mol. The van der Waals surface area contributed by atoms with Crippen molar-refractivity contribution in [1.29, 1.82) is 0 Å². The van der Waals surface area contributed by atoms with E-state index in [4.69, 9.17) is 4.74 Å². The number of hydrogen-bond donors (Lipinski definition) is 0. The van der Waals surface area contributed by atoms with E-state index in [2.05, 4.69) is 62.6 Å². The van der Waals surface area contributed by atoms with E-state index in [-0.39, 0.29) is 29.7 Å². The fourth-order valence-corrected chi connectivity index (χ4v) is 5.02. The molecule has 1 aromatic heterocycles. The molecule has 6 heteroatoms. The lowest BCUT2D eigenvalue weighted by molar-refractivity contribution is -0.123. The number of rotatable bonds is 6. The predicted molar refractivity (Wildman–Crippen MR) is 143 cm³/mol. The van der Waals surface area contributed by atoms with Crippen LogP contribution in [0, 0.1) is 20.8 Å². The van der Waals surface area contributed by atoms with E-state index in [0.717, 1.165) is 45.7 Å². The first-order valence-electron chi connectivity index (χ1n) is 11.8. The van der Waals surface area contributed by atoms with Crippen LogP contribution in [0.2, 0.25) is 0 Å². The lowest BCUT2D eigenvalue weighted by atomic mass is 9.87. The molecule has 0 spiro atoms. The van der Waals surface area contributed by atoms with Crippen molar-refractivity contribution < 1.29 is 14.3 Å². The van der Waals surface area contributed by atoms with Gasteiger partial charge in [-0.05, 0) is 85.5 Å². The zero-order valence-corrected chi connectivity index (χ0v) is 22.0. The molecule has 0 saturated carbocycles. The second-order valence-corrected chi connectivity index (χ2v) is 10.9. The third-order valence-electron chi connectivity index (χ3n) is 6.23. The summed E-state index contributed by atoms with van der Waals surface area (Å²) in [6.45, 7) is 13.2. The van der Waals surface area contributed by atoms with Crippen molar-refractivity contribution in [2.45, 2.75) is 47.0 Å². The topological polar surface area (TPSA) is 51.5 Å². The summed E-state index contributed by atoms with van der Waals surface area (Å²) < 4.78 is 7.89. The van der Waals surface area contributed by atoms with Gasteiger partial charge in [0.05, 0.1) is 11.4 Å². The lowest BCUT2D eigenvalue weighted by Crippen LogP contribution is -2.32. The number of benzene rings is 2. The zero-order chi connectivity index (χ0) is 25.3. The number of nitrogens with zero attached hydrogens (tertiary/aromatic N) is 2. The van der Waals surface area contributed by atoms with Crippen LogP contribution in [0.4, 0.5) is 4.79 Å². The molecule has 5 nitrogen and oxygen atoms in total. The highest BCUT2D eigenvalue weighted by Crippen LogP contribution is 2.34. The first-order valence-corrected chi connectivity index (χ1v) is 12.6. The Labute approximate surface area is 211 Å². The van der Waals surface area contributed by atoms with Gasteiger partial charge in [-0.3, -0.25) is 14.5 Å². The number of aromatic nitrogens is 1. The van der Waals surface area contributed by atoms with Crippen LogP contribution >= 0.6 is 11.8 Å².